The maximum absolute atomic E-state index is 9.79. The molecular formula is C14H18N2O. The van der Waals surface area contributed by atoms with Gasteiger partial charge in [-0.15, -0.1) is 0 Å². The molecule has 1 saturated carbocycles. The molecule has 1 atom stereocenters. The summed E-state index contributed by atoms with van der Waals surface area (Å²) in [5.41, 5.74) is 2.04. The minimum Gasteiger partial charge on any atom is -0.389 e. The van der Waals surface area contributed by atoms with Crippen molar-refractivity contribution in [1.29, 1.82) is 5.26 Å². The van der Waals surface area contributed by atoms with Crippen LogP contribution >= 0.6 is 0 Å². The van der Waals surface area contributed by atoms with Gasteiger partial charge in [-0.3, -0.25) is 0 Å². The van der Waals surface area contributed by atoms with Crippen molar-refractivity contribution in [1.82, 2.24) is 0 Å². The molecule has 1 aliphatic rings. The zero-order valence-electron chi connectivity index (χ0n) is 10.1. The third kappa shape index (κ3) is 2.78. The molecule has 90 valence electrons. The van der Waals surface area contributed by atoms with Crippen LogP contribution in [0.1, 0.15) is 37.9 Å². The summed E-state index contributed by atoms with van der Waals surface area (Å²) in [6.45, 7) is 2.54. The molecule has 0 aromatic heterocycles. The van der Waals surface area contributed by atoms with E-state index in [2.05, 4.69) is 11.0 Å². The number of para-hydroxylation sites is 1. The van der Waals surface area contributed by atoms with Gasteiger partial charge < -0.3 is 10.0 Å². The highest BCUT2D eigenvalue weighted by Gasteiger charge is 2.30. The van der Waals surface area contributed by atoms with Gasteiger partial charge in [0.1, 0.15) is 0 Å². The predicted molar refractivity (Wildman–Crippen MR) is 67.7 cm³/mol. The van der Waals surface area contributed by atoms with Crippen molar-refractivity contribution in [3.63, 3.8) is 0 Å². The lowest BCUT2D eigenvalue weighted by atomic mass is 10.1. The first-order chi connectivity index (χ1) is 8.24. The minimum atomic E-state index is -0.463. The van der Waals surface area contributed by atoms with Crippen LogP contribution in [0.4, 0.5) is 5.69 Å². The van der Waals surface area contributed by atoms with Gasteiger partial charge in [0, 0.05) is 23.8 Å². The lowest BCUT2D eigenvalue weighted by Crippen LogP contribution is -2.27. The molecule has 1 aromatic carbocycles. The second kappa shape index (κ2) is 5.20. The smallest absolute Gasteiger partial charge is 0.0781 e. The zero-order chi connectivity index (χ0) is 12.3. The molecule has 1 fully saturated rings. The van der Waals surface area contributed by atoms with E-state index in [4.69, 9.17) is 5.26 Å². The number of rotatable bonds is 5. The van der Waals surface area contributed by atoms with Crippen molar-refractivity contribution in [2.45, 2.75) is 38.3 Å². The Bertz CT molecular complexity index is 418. The Morgan fingerprint density at radius 1 is 1.47 bits per heavy atom. The Morgan fingerprint density at radius 2 is 2.18 bits per heavy atom. The molecule has 0 radical (unpaired) electrons. The lowest BCUT2D eigenvalue weighted by Gasteiger charge is -2.27. The summed E-state index contributed by atoms with van der Waals surface area (Å²) in [6, 6.07) is 10.7. The third-order valence-electron chi connectivity index (χ3n) is 3.15. The van der Waals surface area contributed by atoms with Crippen molar-refractivity contribution in [2.24, 2.45) is 0 Å². The highest BCUT2D eigenvalue weighted by molar-refractivity contribution is 5.56. The average molecular weight is 230 g/mol. The highest BCUT2D eigenvalue weighted by Crippen LogP contribution is 2.35. The number of hydrogen-bond acceptors (Lipinski definition) is 3. The Balaban J connectivity index is 2.25. The van der Waals surface area contributed by atoms with E-state index in [9.17, 15) is 5.11 Å². The summed E-state index contributed by atoms with van der Waals surface area (Å²) in [5, 5.41) is 18.5. The maximum atomic E-state index is 9.79. The second-order valence-electron chi connectivity index (χ2n) is 4.57. The molecule has 1 N–H and O–H groups in total. The molecule has 1 aliphatic carbocycles. The number of nitrogens with zero attached hydrogens (tertiary/aromatic N) is 2. The van der Waals surface area contributed by atoms with E-state index < -0.39 is 6.10 Å². The highest BCUT2D eigenvalue weighted by atomic mass is 16.3. The number of aliphatic hydroxyl groups excluding tert-OH is 1. The van der Waals surface area contributed by atoms with Crippen molar-refractivity contribution < 1.29 is 5.11 Å². The number of anilines is 1. The molecule has 17 heavy (non-hydrogen) atoms. The largest absolute Gasteiger partial charge is 0.389 e. The van der Waals surface area contributed by atoms with Crippen LogP contribution in [0.25, 0.3) is 0 Å². The molecule has 0 aliphatic heterocycles. The normalized spacial score (nSPS) is 16.3. The number of aliphatic hydroxyl groups is 1. The topological polar surface area (TPSA) is 47.3 Å². The first kappa shape index (κ1) is 11.9. The number of nitriles is 1. The fourth-order valence-corrected chi connectivity index (χ4v) is 2.16. The van der Waals surface area contributed by atoms with Crippen LogP contribution in [0.2, 0.25) is 0 Å². The Labute approximate surface area is 102 Å². The van der Waals surface area contributed by atoms with E-state index in [1.54, 1.807) is 6.92 Å². The molecule has 0 amide bonds. The number of benzene rings is 1. The molecule has 2 rings (SSSR count). The zero-order valence-corrected chi connectivity index (χ0v) is 10.1. The van der Waals surface area contributed by atoms with Crippen molar-refractivity contribution in [3.05, 3.63) is 29.8 Å². The third-order valence-corrected chi connectivity index (χ3v) is 3.15. The Morgan fingerprint density at radius 3 is 2.76 bits per heavy atom. The molecule has 3 nitrogen and oxygen atoms in total. The van der Waals surface area contributed by atoms with Gasteiger partial charge in [-0.25, -0.2) is 0 Å². The molecule has 0 spiro atoms. The summed E-state index contributed by atoms with van der Waals surface area (Å²) < 4.78 is 0. The minimum absolute atomic E-state index is 0.463. The first-order valence-electron chi connectivity index (χ1n) is 6.14. The summed E-state index contributed by atoms with van der Waals surface area (Å²) in [5.74, 6) is 0. The molecule has 3 heteroatoms. The van der Waals surface area contributed by atoms with Gasteiger partial charge in [0.05, 0.1) is 18.6 Å². The fraction of sp³-hybridized carbons (Fsp3) is 0.500. The Hall–Kier alpha value is -1.53. The van der Waals surface area contributed by atoms with Gasteiger partial charge in [-0.2, -0.15) is 5.26 Å². The summed E-state index contributed by atoms with van der Waals surface area (Å²) in [6.07, 6.45) is 2.46. The van der Waals surface area contributed by atoms with Crippen LogP contribution in [0.15, 0.2) is 24.3 Å². The van der Waals surface area contributed by atoms with Gasteiger partial charge in [0.15, 0.2) is 0 Å². The van der Waals surface area contributed by atoms with E-state index in [-0.39, 0.29) is 0 Å². The lowest BCUT2D eigenvalue weighted by molar-refractivity contribution is 0.199. The average Bonchev–Trinajstić information content (AvgIpc) is 3.14. The predicted octanol–water partition coefficient (Wildman–Crippen LogP) is 2.62. The van der Waals surface area contributed by atoms with Crippen molar-refractivity contribution in [3.8, 4) is 6.07 Å². The van der Waals surface area contributed by atoms with Crippen LogP contribution in [-0.4, -0.2) is 17.7 Å². The summed E-state index contributed by atoms with van der Waals surface area (Å²) in [4.78, 5) is 2.27. The molecule has 0 heterocycles. The van der Waals surface area contributed by atoms with E-state index >= 15 is 0 Å². The fourth-order valence-electron chi connectivity index (χ4n) is 2.16. The van der Waals surface area contributed by atoms with Crippen molar-refractivity contribution in [2.75, 3.05) is 11.4 Å². The second-order valence-corrected chi connectivity index (χ2v) is 4.57. The molecule has 0 saturated heterocycles. The molecule has 0 bridgehead atoms. The van der Waals surface area contributed by atoms with Crippen LogP contribution in [0, 0.1) is 11.3 Å². The Kier molecular flexibility index (Phi) is 3.65. The van der Waals surface area contributed by atoms with Crippen molar-refractivity contribution >= 4 is 5.69 Å². The molecular weight excluding hydrogens is 212 g/mol. The monoisotopic (exact) mass is 230 g/mol. The van der Waals surface area contributed by atoms with Gasteiger partial charge >= 0.3 is 0 Å². The van der Waals surface area contributed by atoms with Crippen LogP contribution < -0.4 is 4.90 Å². The van der Waals surface area contributed by atoms with Crippen LogP contribution in [0.3, 0.4) is 0 Å². The summed E-state index contributed by atoms with van der Waals surface area (Å²) in [7, 11) is 0. The van der Waals surface area contributed by atoms with Crippen LogP contribution in [-0.2, 0) is 0 Å². The van der Waals surface area contributed by atoms with Gasteiger partial charge in [0.2, 0.25) is 0 Å². The van der Waals surface area contributed by atoms with Gasteiger partial charge in [-0.05, 0) is 25.8 Å². The van der Waals surface area contributed by atoms with E-state index in [0.717, 1.165) is 17.8 Å². The summed E-state index contributed by atoms with van der Waals surface area (Å²) >= 11 is 0. The molecule has 1 unspecified atom stereocenters. The SMILES string of the molecule is CC(O)c1ccccc1N(CCC#N)C1CC1. The van der Waals surface area contributed by atoms with Gasteiger partial charge in [0.25, 0.3) is 0 Å². The molecule has 1 aromatic rings. The van der Waals surface area contributed by atoms with E-state index in [0.29, 0.717) is 12.5 Å². The van der Waals surface area contributed by atoms with Gasteiger partial charge in [-0.1, -0.05) is 18.2 Å². The van der Waals surface area contributed by atoms with Crippen LogP contribution in [0.5, 0.6) is 0 Å². The number of hydrogen-bond donors (Lipinski definition) is 1. The van der Waals surface area contributed by atoms with E-state index in [1.807, 2.05) is 24.3 Å². The maximum Gasteiger partial charge on any atom is 0.0781 e. The van der Waals surface area contributed by atoms with E-state index in [1.165, 1.54) is 12.8 Å². The quantitative estimate of drug-likeness (QED) is 0.845. The first-order valence-corrected chi connectivity index (χ1v) is 6.14. The standard InChI is InChI=1S/C14H18N2O/c1-11(17)13-5-2-3-6-14(13)16(10-4-9-15)12-7-8-12/h2-3,5-6,11-12,17H,4,7-8,10H2,1H3.